The van der Waals surface area contributed by atoms with Crippen LogP contribution in [0.2, 0.25) is 5.02 Å². The lowest BCUT2D eigenvalue weighted by Crippen LogP contribution is -2.42. The van der Waals surface area contributed by atoms with E-state index in [-0.39, 0.29) is 11.3 Å². The zero-order chi connectivity index (χ0) is 25.4. The number of halogens is 1. The summed E-state index contributed by atoms with van der Waals surface area (Å²) in [5.74, 6) is 0.938. The molecular weight excluding hydrogens is 464 g/mol. The third kappa shape index (κ3) is 5.41. The standard InChI is InChI=1S/C27H29ClN4O3/c1-26(2,3)17-7-11-20(12-8-17)35-27(4,5)25(33)29-18-9-13-22-23(15-18)31-32(30-22)19-10-14-24(34-6)21(28)16-19/h7-16H,1-6H3,(H,29,33). The van der Waals surface area contributed by atoms with Crippen LogP contribution in [0.15, 0.2) is 60.7 Å². The third-order valence-electron chi connectivity index (χ3n) is 5.64. The summed E-state index contributed by atoms with van der Waals surface area (Å²) in [5, 5.41) is 12.4. The number of methoxy groups -OCH3 is 1. The van der Waals surface area contributed by atoms with Gasteiger partial charge < -0.3 is 14.8 Å². The summed E-state index contributed by atoms with van der Waals surface area (Å²) in [6, 6.07) is 18.5. The van der Waals surface area contributed by atoms with Gasteiger partial charge >= 0.3 is 0 Å². The maximum atomic E-state index is 13.0. The Morgan fingerprint density at radius 2 is 1.60 bits per heavy atom. The molecule has 7 nitrogen and oxygen atoms in total. The summed E-state index contributed by atoms with van der Waals surface area (Å²) < 4.78 is 11.2. The molecule has 0 saturated carbocycles. The number of nitrogens with zero attached hydrogens (tertiary/aromatic N) is 3. The van der Waals surface area contributed by atoms with Crippen molar-refractivity contribution in [3.05, 3.63) is 71.2 Å². The van der Waals surface area contributed by atoms with Gasteiger partial charge in [-0.05, 0) is 73.4 Å². The molecule has 35 heavy (non-hydrogen) atoms. The molecule has 182 valence electrons. The average molecular weight is 493 g/mol. The first kappa shape index (κ1) is 24.5. The molecule has 8 heteroatoms. The van der Waals surface area contributed by atoms with Crippen LogP contribution in [-0.4, -0.2) is 33.6 Å². The van der Waals surface area contributed by atoms with Crippen molar-refractivity contribution in [3.8, 4) is 17.2 Å². The molecule has 1 N–H and O–H groups in total. The predicted octanol–water partition coefficient (Wildman–Crippen LogP) is 6.18. The first-order valence-corrected chi connectivity index (χ1v) is 11.7. The molecule has 0 radical (unpaired) electrons. The number of aromatic nitrogens is 3. The number of hydrogen-bond donors (Lipinski definition) is 1. The second kappa shape index (κ2) is 9.23. The van der Waals surface area contributed by atoms with E-state index in [1.54, 1.807) is 51.3 Å². The minimum absolute atomic E-state index is 0.0472. The molecule has 0 fully saturated rings. The fourth-order valence-corrected chi connectivity index (χ4v) is 3.78. The van der Waals surface area contributed by atoms with Gasteiger partial charge in [-0.3, -0.25) is 4.79 Å². The zero-order valence-corrected chi connectivity index (χ0v) is 21.5. The average Bonchev–Trinajstić information content (AvgIpc) is 3.22. The monoisotopic (exact) mass is 492 g/mol. The molecule has 0 aliphatic heterocycles. The number of anilines is 1. The van der Waals surface area contributed by atoms with Crippen molar-refractivity contribution in [3.63, 3.8) is 0 Å². The van der Waals surface area contributed by atoms with Gasteiger partial charge in [-0.1, -0.05) is 44.5 Å². The second-order valence-corrected chi connectivity index (χ2v) is 10.3. The van der Waals surface area contributed by atoms with Gasteiger partial charge in [0.15, 0.2) is 5.60 Å². The highest BCUT2D eigenvalue weighted by Crippen LogP contribution is 2.28. The maximum absolute atomic E-state index is 13.0. The molecule has 4 rings (SSSR count). The number of rotatable bonds is 6. The number of nitrogens with one attached hydrogen (secondary N) is 1. The predicted molar refractivity (Wildman–Crippen MR) is 139 cm³/mol. The normalized spacial score (nSPS) is 12.0. The Labute approximate surface area is 210 Å². The molecule has 3 aromatic carbocycles. The highest BCUT2D eigenvalue weighted by atomic mass is 35.5. The Balaban J connectivity index is 1.49. The first-order valence-electron chi connectivity index (χ1n) is 11.3. The molecule has 0 bridgehead atoms. The molecule has 1 heterocycles. The summed E-state index contributed by atoms with van der Waals surface area (Å²) in [7, 11) is 1.56. The van der Waals surface area contributed by atoms with Crippen molar-refractivity contribution in [1.82, 2.24) is 15.0 Å². The summed E-state index contributed by atoms with van der Waals surface area (Å²) in [4.78, 5) is 14.5. The topological polar surface area (TPSA) is 78.3 Å². The fourth-order valence-electron chi connectivity index (χ4n) is 3.53. The lowest BCUT2D eigenvalue weighted by atomic mass is 9.87. The quantitative estimate of drug-likeness (QED) is 0.348. The van der Waals surface area contributed by atoms with E-state index in [1.807, 2.05) is 30.3 Å². The zero-order valence-electron chi connectivity index (χ0n) is 20.7. The van der Waals surface area contributed by atoms with E-state index in [4.69, 9.17) is 21.1 Å². The minimum Gasteiger partial charge on any atom is -0.495 e. The molecular formula is C27H29ClN4O3. The molecule has 0 saturated heterocycles. The van der Waals surface area contributed by atoms with Crippen LogP contribution in [0.3, 0.4) is 0 Å². The van der Waals surface area contributed by atoms with Gasteiger partial charge in [-0.25, -0.2) is 0 Å². The molecule has 0 aliphatic carbocycles. The van der Waals surface area contributed by atoms with Crippen LogP contribution in [0.1, 0.15) is 40.2 Å². The Kier molecular flexibility index (Phi) is 6.47. The van der Waals surface area contributed by atoms with Crippen LogP contribution in [0, 0.1) is 0 Å². The Bertz CT molecular complexity index is 1370. The van der Waals surface area contributed by atoms with Gasteiger partial charge in [0, 0.05) is 5.69 Å². The summed E-state index contributed by atoms with van der Waals surface area (Å²) >= 11 is 6.24. The van der Waals surface area contributed by atoms with Gasteiger partial charge in [-0.15, -0.1) is 10.2 Å². The number of carbonyl (C=O) groups excluding carboxylic acids is 1. The summed E-state index contributed by atoms with van der Waals surface area (Å²) in [5.41, 5.74) is 2.77. The van der Waals surface area contributed by atoms with Crippen LogP contribution in [0.4, 0.5) is 5.69 Å². The Morgan fingerprint density at radius 1 is 0.914 bits per heavy atom. The number of amides is 1. The number of benzene rings is 3. The summed E-state index contributed by atoms with van der Waals surface area (Å²) in [6.45, 7) is 9.94. The number of carbonyl (C=O) groups is 1. The first-order chi connectivity index (χ1) is 16.5. The Morgan fingerprint density at radius 3 is 2.23 bits per heavy atom. The van der Waals surface area contributed by atoms with Gasteiger partial charge in [-0.2, -0.15) is 4.80 Å². The number of fused-ring (bicyclic) bond motifs is 1. The van der Waals surface area contributed by atoms with E-state index in [0.29, 0.717) is 38.9 Å². The molecule has 0 aliphatic rings. The lowest BCUT2D eigenvalue weighted by Gasteiger charge is -2.26. The van der Waals surface area contributed by atoms with Crippen molar-refractivity contribution >= 4 is 34.2 Å². The van der Waals surface area contributed by atoms with Crippen molar-refractivity contribution in [2.24, 2.45) is 0 Å². The molecule has 1 amide bonds. The number of hydrogen-bond acceptors (Lipinski definition) is 5. The largest absolute Gasteiger partial charge is 0.495 e. The smallest absolute Gasteiger partial charge is 0.267 e. The van der Waals surface area contributed by atoms with Gasteiger partial charge in [0.2, 0.25) is 0 Å². The van der Waals surface area contributed by atoms with Crippen molar-refractivity contribution in [1.29, 1.82) is 0 Å². The van der Waals surface area contributed by atoms with Crippen LogP contribution in [-0.2, 0) is 10.2 Å². The van der Waals surface area contributed by atoms with E-state index >= 15 is 0 Å². The van der Waals surface area contributed by atoms with Crippen molar-refractivity contribution in [2.75, 3.05) is 12.4 Å². The van der Waals surface area contributed by atoms with Crippen LogP contribution in [0.25, 0.3) is 16.7 Å². The fraction of sp³-hybridized carbons (Fsp3) is 0.296. The van der Waals surface area contributed by atoms with Crippen LogP contribution < -0.4 is 14.8 Å². The van der Waals surface area contributed by atoms with Crippen molar-refractivity contribution in [2.45, 2.75) is 45.6 Å². The van der Waals surface area contributed by atoms with E-state index in [1.165, 1.54) is 10.4 Å². The minimum atomic E-state index is -1.09. The van der Waals surface area contributed by atoms with Crippen LogP contribution in [0.5, 0.6) is 11.5 Å². The number of ether oxygens (including phenoxy) is 2. The highest BCUT2D eigenvalue weighted by molar-refractivity contribution is 6.32. The second-order valence-electron chi connectivity index (χ2n) is 9.85. The van der Waals surface area contributed by atoms with Crippen molar-refractivity contribution < 1.29 is 14.3 Å². The SMILES string of the molecule is COc1ccc(-n2nc3ccc(NC(=O)C(C)(C)Oc4ccc(C(C)(C)C)cc4)cc3n2)cc1Cl. The maximum Gasteiger partial charge on any atom is 0.267 e. The third-order valence-corrected chi connectivity index (χ3v) is 5.94. The van der Waals surface area contributed by atoms with Gasteiger partial charge in [0.05, 0.1) is 17.8 Å². The summed E-state index contributed by atoms with van der Waals surface area (Å²) in [6.07, 6.45) is 0. The van der Waals surface area contributed by atoms with Gasteiger partial charge in [0.25, 0.3) is 5.91 Å². The van der Waals surface area contributed by atoms with E-state index in [9.17, 15) is 4.79 Å². The van der Waals surface area contributed by atoms with E-state index in [0.717, 1.165) is 0 Å². The van der Waals surface area contributed by atoms with Crippen LogP contribution >= 0.6 is 11.6 Å². The molecule has 0 spiro atoms. The van der Waals surface area contributed by atoms with Gasteiger partial charge in [0.1, 0.15) is 22.5 Å². The van der Waals surface area contributed by atoms with E-state index < -0.39 is 5.60 Å². The molecule has 0 unspecified atom stereocenters. The lowest BCUT2D eigenvalue weighted by molar-refractivity contribution is -0.128. The molecule has 4 aromatic rings. The Hall–Kier alpha value is -3.58. The molecule has 0 atom stereocenters. The highest BCUT2D eigenvalue weighted by Gasteiger charge is 2.30. The van der Waals surface area contributed by atoms with E-state index in [2.05, 4.69) is 36.3 Å². The molecule has 1 aromatic heterocycles.